The van der Waals surface area contributed by atoms with Gasteiger partial charge in [-0.3, -0.25) is 9.80 Å². The summed E-state index contributed by atoms with van der Waals surface area (Å²) in [5.41, 5.74) is 0.309. The Morgan fingerprint density at radius 1 is 1.25 bits per heavy atom. The highest BCUT2D eigenvalue weighted by Gasteiger charge is 2.54. The molecule has 4 fully saturated rings. The monoisotopic (exact) mass is 282 g/mol. The fraction of sp³-hybridized carbons (Fsp3) is 1.00. The van der Waals surface area contributed by atoms with E-state index >= 15 is 0 Å². The van der Waals surface area contributed by atoms with Crippen LogP contribution < -0.4 is 0 Å². The summed E-state index contributed by atoms with van der Waals surface area (Å²) in [4.78, 5) is 5.17. The predicted octanol–water partition coefficient (Wildman–Crippen LogP) is 1.74. The van der Waals surface area contributed by atoms with Crippen LogP contribution in [0.2, 0.25) is 0 Å². The number of hydrogen-bond acceptors (Lipinski definition) is 4. The van der Waals surface area contributed by atoms with Gasteiger partial charge in [-0.05, 0) is 34.1 Å². The van der Waals surface area contributed by atoms with Gasteiger partial charge in [0.15, 0.2) is 0 Å². The largest absolute Gasteiger partial charge is 0.379 e. The Kier molecular flexibility index (Phi) is 3.87. The Labute approximate surface area is 123 Å². The van der Waals surface area contributed by atoms with Crippen LogP contribution in [0.3, 0.4) is 0 Å². The van der Waals surface area contributed by atoms with Crippen LogP contribution in [0, 0.1) is 0 Å². The van der Waals surface area contributed by atoms with Crippen molar-refractivity contribution in [3.63, 3.8) is 0 Å². The predicted molar refractivity (Wildman–Crippen MR) is 80.0 cm³/mol. The Morgan fingerprint density at radius 3 is 2.50 bits per heavy atom. The van der Waals surface area contributed by atoms with E-state index in [1.165, 1.54) is 6.42 Å². The maximum absolute atomic E-state index is 6.27. The van der Waals surface area contributed by atoms with Crippen molar-refractivity contribution in [1.29, 1.82) is 0 Å². The molecule has 116 valence electrons. The fourth-order valence-corrected chi connectivity index (χ4v) is 4.29. The van der Waals surface area contributed by atoms with Crippen molar-refractivity contribution in [2.45, 2.75) is 63.8 Å². The van der Waals surface area contributed by atoms with Gasteiger partial charge in [0.05, 0.1) is 24.9 Å². The highest BCUT2D eigenvalue weighted by molar-refractivity contribution is 5.06. The highest BCUT2D eigenvalue weighted by Crippen LogP contribution is 2.45. The number of hydrogen-bond donors (Lipinski definition) is 0. The third-order valence-electron chi connectivity index (χ3n) is 5.30. The minimum atomic E-state index is 0.106. The number of nitrogens with zero attached hydrogens (tertiary/aromatic N) is 2. The lowest BCUT2D eigenvalue weighted by Gasteiger charge is -2.60. The summed E-state index contributed by atoms with van der Waals surface area (Å²) in [5, 5.41) is 0. The van der Waals surface area contributed by atoms with E-state index in [0.29, 0.717) is 12.1 Å². The summed E-state index contributed by atoms with van der Waals surface area (Å²) in [7, 11) is 0. The van der Waals surface area contributed by atoms with Crippen LogP contribution >= 0.6 is 0 Å². The molecular weight excluding hydrogens is 252 g/mol. The first-order valence-corrected chi connectivity index (χ1v) is 8.15. The molecule has 0 aliphatic carbocycles. The molecule has 0 amide bonds. The highest BCUT2D eigenvalue weighted by atomic mass is 16.5. The molecule has 0 aromatic rings. The maximum Gasteiger partial charge on any atom is 0.0855 e. The van der Waals surface area contributed by atoms with Crippen molar-refractivity contribution in [2.75, 3.05) is 39.4 Å². The molecule has 4 aliphatic rings. The van der Waals surface area contributed by atoms with Crippen LogP contribution in [0.5, 0.6) is 0 Å². The Balaban J connectivity index is 1.64. The van der Waals surface area contributed by atoms with Gasteiger partial charge in [0, 0.05) is 44.2 Å². The first kappa shape index (κ1) is 14.8. The van der Waals surface area contributed by atoms with E-state index in [1.807, 2.05) is 0 Å². The van der Waals surface area contributed by atoms with E-state index in [9.17, 15) is 0 Å². The van der Waals surface area contributed by atoms with Gasteiger partial charge in [-0.2, -0.15) is 0 Å². The molecule has 0 aromatic heterocycles. The van der Waals surface area contributed by atoms with Crippen LogP contribution in [-0.2, 0) is 9.47 Å². The van der Waals surface area contributed by atoms with Crippen LogP contribution in [-0.4, -0.2) is 72.5 Å². The lowest BCUT2D eigenvalue weighted by Crippen LogP contribution is -2.69. The van der Waals surface area contributed by atoms with E-state index in [0.717, 1.165) is 45.8 Å². The van der Waals surface area contributed by atoms with Crippen molar-refractivity contribution in [1.82, 2.24) is 9.80 Å². The molecule has 4 nitrogen and oxygen atoms in total. The lowest BCUT2D eigenvalue weighted by molar-refractivity contribution is -0.270. The van der Waals surface area contributed by atoms with Crippen LogP contribution in [0.25, 0.3) is 0 Å². The molecule has 4 heteroatoms. The molecule has 0 radical (unpaired) electrons. The molecule has 4 heterocycles. The first-order valence-electron chi connectivity index (χ1n) is 8.15. The van der Waals surface area contributed by atoms with Gasteiger partial charge in [-0.25, -0.2) is 0 Å². The van der Waals surface area contributed by atoms with E-state index in [4.69, 9.17) is 9.47 Å². The topological polar surface area (TPSA) is 24.9 Å². The third kappa shape index (κ3) is 2.76. The van der Waals surface area contributed by atoms with Crippen molar-refractivity contribution >= 4 is 0 Å². The molecule has 2 atom stereocenters. The summed E-state index contributed by atoms with van der Waals surface area (Å²) >= 11 is 0. The fourth-order valence-electron chi connectivity index (χ4n) is 4.29. The van der Waals surface area contributed by atoms with E-state index in [1.54, 1.807) is 0 Å². The van der Waals surface area contributed by atoms with Crippen molar-refractivity contribution in [2.24, 2.45) is 0 Å². The molecule has 2 bridgehead atoms. The summed E-state index contributed by atoms with van der Waals surface area (Å²) in [6, 6.07) is 0.632. The number of piperidine rings is 1. The summed E-state index contributed by atoms with van der Waals surface area (Å²) in [6.07, 6.45) is 2.87. The maximum atomic E-state index is 6.27. The molecule has 0 saturated carbocycles. The minimum absolute atomic E-state index is 0.106. The van der Waals surface area contributed by atoms with Crippen LogP contribution in [0.1, 0.15) is 40.5 Å². The second-order valence-corrected chi connectivity index (χ2v) is 7.74. The minimum Gasteiger partial charge on any atom is -0.379 e. The zero-order chi connectivity index (χ0) is 14.4. The first-order chi connectivity index (χ1) is 9.40. The number of fused-ring (bicyclic) bond motifs is 2. The van der Waals surface area contributed by atoms with Gasteiger partial charge in [0.25, 0.3) is 0 Å². The summed E-state index contributed by atoms with van der Waals surface area (Å²) in [5.74, 6) is 0. The normalized spacial score (nSPS) is 36.1. The van der Waals surface area contributed by atoms with Crippen molar-refractivity contribution in [3.05, 3.63) is 0 Å². The molecule has 0 N–H and O–H groups in total. The summed E-state index contributed by atoms with van der Waals surface area (Å²) < 4.78 is 11.8. The third-order valence-corrected chi connectivity index (χ3v) is 5.30. The molecule has 0 spiro atoms. The molecule has 4 rings (SSSR count). The smallest absolute Gasteiger partial charge is 0.0855 e. The van der Waals surface area contributed by atoms with Gasteiger partial charge < -0.3 is 9.47 Å². The molecular formula is C16H30N2O2. The quantitative estimate of drug-likeness (QED) is 0.784. The summed E-state index contributed by atoms with van der Waals surface area (Å²) in [6.45, 7) is 15.4. The zero-order valence-electron chi connectivity index (χ0n) is 13.5. The van der Waals surface area contributed by atoms with Gasteiger partial charge in [0.2, 0.25) is 0 Å². The molecule has 4 saturated heterocycles. The number of morpholine rings is 2. The van der Waals surface area contributed by atoms with E-state index in [-0.39, 0.29) is 11.1 Å². The SMILES string of the molecule is CC(C)N1CC2CC(CC(C)(C)N3CCOCC3)(C1)O2. The zero-order valence-corrected chi connectivity index (χ0v) is 13.5. The Morgan fingerprint density at radius 2 is 1.90 bits per heavy atom. The van der Waals surface area contributed by atoms with Crippen molar-refractivity contribution in [3.8, 4) is 0 Å². The molecule has 4 aliphatic heterocycles. The van der Waals surface area contributed by atoms with E-state index < -0.39 is 0 Å². The molecule has 0 aromatic carbocycles. The molecule has 20 heavy (non-hydrogen) atoms. The van der Waals surface area contributed by atoms with Gasteiger partial charge >= 0.3 is 0 Å². The van der Waals surface area contributed by atoms with Crippen LogP contribution in [0.4, 0.5) is 0 Å². The van der Waals surface area contributed by atoms with Gasteiger partial charge in [0.1, 0.15) is 0 Å². The Bertz CT molecular complexity index is 344. The standard InChI is InChI=1S/C16H30N2O2/c1-13(2)17-10-14-9-16(12-17,20-14)11-15(3,4)18-5-7-19-8-6-18/h13-14H,5-12H2,1-4H3. The Hall–Kier alpha value is -0.160. The van der Waals surface area contributed by atoms with Gasteiger partial charge in [-0.15, -0.1) is 0 Å². The lowest BCUT2D eigenvalue weighted by atomic mass is 9.75. The second-order valence-electron chi connectivity index (χ2n) is 7.74. The van der Waals surface area contributed by atoms with Crippen LogP contribution in [0.15, 0.2) is 0 Å². The second kappa shape index (κ2) is 5.24. The average molecular weight is 282 g/mol. The van der Waals surface area contributed by atoms with E-state index in [2.05, 4.69) is 37.5 Å². The van der Waals surface area contributed by atoms with Gasteiger partial charge in [-0.1, -0.05) is 0 Å². The number of rotatable bonds is 4. The van der Waals surface area contributed by atoms with Crippen molar-refractivity contribution < 1.29 is 9.47 Å². The number of ether oxygens (including phenoxy) is 2. The average Bonchev–Trinajstić information content (AvgIpc) is 2.38. The molecule has 2 unspecified atom stereocenters.